The van der Waals surface area contributed by atoms with Crippen LogP contribution in [0.15, 0.2) is 30.3 Å². The number of nitrogens with one attached hydrogen (secondary N) is 2. The van der Waals surface area contributed by atoms with E-state index in [9.17, 15) is 4.79 Å². The Labute approximate surface area is 162 Å². The van der Waals surface area contributed by atoms with E-state index >= 15 is 0 Å². The maximum absolute atomic E-state index is 12.6. The molecule has 27 heavy (non-hydrogen) atoms. The second kappa shape index (κ2) is 7.38. The summed E-state index contributed by atoms with van der Waals surface area (Å²) < 4.78 is 8.57. The number of para-hydroxylation sites is 1. The Balaban J connectivity index is 1.52. The van der Waals surface area contributed by atoms with Crippen LogP contribution in [-0.4, -0.2) is 52.5 Å². The second-order valence-electron chi connectivity index (χ2n) is 7.19. The summed E-state index contributed by atoms with van der Waals surface area (Å²) in [6.45, 7) is 8.12. The zero-order valence-electron chi connectivity index (χ0n) is 15.7. The average Bonchev–Trinajstić information content (AvgIpc) is 3.16. The number of thiazole rings is 1. The molecule has 3 aromatic rings. The van der Waals surface area contributed by atoms with E-state index in [1.807, 2.05) is 37.3 Å². The zero-order chi connectivity index (χ0) is 19.0. The monoisotopic (exact) mass is 386 g/mol. The molecular weight excluding hydrogens is 362 g/mol. The minimum Gasteiger partial charge on any atom is -0.364 e. The Kier molecular flexibility index (Phi) is 4.94. The Morgan fingerprint density at radius 2 is 2.07 bits per heavy atom. The number of hydrogen-bond donors (Lipinski definition) is 2. The summed E-state index contributed by atoms with van der Waals surface area (Å²) in [6, 6.07) is 9.86. The molecule has 1 saturated heterocycles. The fourth-order valence-electron chi connectivity index (χ4n) is 3.63. The molecule has 0 spiro atoms. The first-order chi connectivity index (χ1) is 13.0. The van der Waals surface area contributed by atoms with Crippen molar-refractivity contribution in [3.63, 3.8) is 0 Å². The second-order valence-corrected chi connectivity index (χ2v) is 8.20. The summed E-state index contributed by atoms with van der Waals surface area (Å²) in [7, 11) is 0. The first-order valence-corrected chi connectivity index (χ1v) is 10.0. The third kappa shape index (κ3) is 4.02. The van der Waals surface area contributed by atoms with Gasteiger partial charge < -0.3 is 15.0 Å². The normalized spacial score (nSPS) is 22.9. The molecule has 0 bridgehead atoms. The van der Waals surface area contributed by atoms with E-state index in [1.54, 1.807) is 16.0 Å². The van der Waals surface area contributed by atoms with Crippen LogP contribution in [0.25, 0.3) is 15.3 Å². The third-order valence-corrected chi connectivity index (χ3v) is 5.60. The van der Waals surface area contributed by atoms with Crippen LogP contribution in [0.5, 0.6) is 0 Å². The van der Waals surface area contributed by atoms with E-state index in [0.29, 0.717) is 12.4 Å². The molecule has 1 aromatic carbocycles. The maximum Gasteiger partial charge on any atom is 0.280 e. The van der Waals surface area contributed by atoms with Gasteiger partial charge in [0.1, 0.15) is 31.1 Å². The van der Waals surface area contributed by atoms with Crippen LogP contribution < -0.4 is 10.2 Å². The van der Waals surface area contributed by atoms with Gasteiger partial charge in [-0.3, -0.25) is 4.79 Å². The predicted molar refractivity (Wildman–Crippen MR) is 106 cm³/mol. The number of aryl methyl sites for hydroxylation is 1. The fourth-order valence-corrected chi connectivity index (χ4v) is 4.56. The summed E-state index contributed by atoms with van der Waals surface area (Å²) in [5, 5.41) is 8.29. The van der Waals surface area contributed by atoms with E-state index in [4.69, 9.17) is 4.74 Å². The largest absolute Gasteiger partial charge is 0.364 e. The number of quaternary nitrogens is 1. The standard InChI is InChI=1S/C19H23N5O2S/c1-12-8-17(21-18(25)11-23-9-13(2)26-14(3)10-23)24(22-12)19-20-15-6-4-5-7-16(15)27-19/h4-8,13-14H,9-11H2,1-3H3,(H,21,25)/p+1/t13-,14+. The Morgan fingerprint density at radius 1 is 1.33 bits per heavy atom. The number of morpholine rings is 1. The number of fused-ring (bicyclic) bond motifs is 1. The lowest BCUT2D eigenvalue weighted by Gasteiger charge is -2.31. The molecule has 4 rings (SSSR count). The summed E-state index contributed by atoms with van der Waals surface area (Å²) in [6.07, 6.45) is 0.346. The number of nitrogens with zero attached hydrogens (tertiary/aromatic N) is 3. The first-order valence-electron chi connectivity index (χ1n) is 9.19. The quantitative estimate of drug-likeness (QED) is 0.711. The predicted octanol–water partition coefficient (Wildman–Crippen LogP) is 1.42. The van der Waals surface area contributed by atoms with Crippen molar-refractivity contribution >= 4 is 33.3 Å². The molecule has 7 nitrogen and oxygen atoms in total. The molecule has 0 aliphatic carbocycles. The number of amides is 1. The van der Waals surface area contributed by atoms with Gasteiger partial charge >= 0.3 is 0 Å². The number of aromatic nitrogens is 3. The molecule has 0 saturated carbocycles. The van der Waals surface area contributed by atoms with Crippen molar-refractivity contribution in [1.29, 1.82) is 0 Å². The summed E-state index contributed by atoms with van der Waals surface area (Å²) in [5.41, 5.74) is 1.77. The van der Waals surface area contributed by atoms with E-state index in [2.05, 4.69) is 29.2 Å². The van der Waals surface area contributed by atoms with Gasteiger partial charge in [0.25, 0.3) is 5.91 Å². The Bertz CT molecular complexity index is 923. The first kappa shape index (κ1) is 18.1. The summed E-state index contributed by atoms with van der Waals surface area (Å²) >= 11 is 1.56. The molecule has 1 aliphatic rings. The molecule has 1 unspecified atom stereocenters. The number of anilines is 1. The summed E-state index contributed by atoms with van der Waals surface area (Å²) in [4.78, 5) is 18.5. The number of hydrogen-bond acceptors (Lipinski definition) is 5. The highest BCUT2D eigenvalue weighted by molar-refractivity contribution is 7.20. The van der Waals surface area contributed by atoms with Crippen LogP contribution in [0.4, 0.5) is 5.82 Å². The van der Waals surface area contributed by atoms with Gasteiger partial charge in [-0.1, -0.05) is 23.5 Å². The van der Waals surface area contributed by atoms with Crippen LogP contribution >= 0.6 is 11.3 Å². The number of ether oxygens (including phenoxy) is 1. The van der Waals surface area contributed by atoms with E-state index in [1.165, 1.54) is 4.90 Å². The van der Waals surface area contributed by atoms with Crippen molar-refractivity contribution in [1.82, 2.24) is 14.8 Å². The molecule has 1 fully saturated rings. The average molecular weight is 387 g/mol. The minimum atomic E-state index is -0.0199. The van der Waals surface area contributed by atoms with E-state index < -0.39 is 0 Å². The highest BCUT2D eigenvalue weighted by Crippen LogP contribution is 2.26. The van der Waals surface area contributed by atoms with Crippen LogP contribution in [0.1, 0.15) is 19.5 Å². The Hall–Kier alpha value is -2.29. The van der Waals surface area contributed by atoms with Gasteiger partial charge in [-0.15, -0.1) is 0 Å². The van der Waals surface area contributed by atoms with Crippen LogP contribution in [0.3, 0.4) is 0 Å². The van der Waals surface area contributed by atoms with Gasteiger partial charge in [0.15, 0.2) is 6.54 Å². The van der Waals surface area contributed by atoms with Crippen LogP contribution in [0.2, 0.25) is 0 Å². The van der Waals surface area contributed by atoms with Crippen LogP contribution in [0, 0.1) is 6.92 Å². The van der Waals surface area contributed by atoms with Gasteiger partial charge in [-0.2, -0.15) is 9.78 Å². The molecule has 2 N–H and O–H groups in total. The lowest BCUT2D eigenvalue weighted by Crippen LogP contribution is -3.16. The molecule has 1 amide bonds. The van der Waals surface area contributed by atoms with Crippen LogP contribution in [-0.2, 0) is 9.53 Å². The van der Waals surface area contributed by atoms with Crippen molar-refractivity contribution in [2.75, 3.05) is 25.0 Å². The van der Waals surface area contributed by atoms with Crippen molar-refractivity contribution < 1.29 is 14.4 Å². The fraction of sp³-hybridized carbons (Fsp3) is 0.421. The van der Waals surface area contributed by atoms with Gasteiger partial charge in [0, 0.05) is 6.07 Å². The highest BCUT2D eigenvalue weighted by atomic mass is 32.1. The topological polar surface area (TPSA) is 73.5 Å². The third-order valence-electron chi connectivity index (χ3n) is 4.59. The van der Waals surface area contributed by atoms with E-state index in [-0.39, 0.29) is 18.1 Å². The molecule has 2 aromatic heterocycles. The molecule has 8 heteroatoms. The summed E-state index contributed by atoms with van der Waals surface area (Å²) in [5.74, 6) is 0.638. The molecule has 3 atom stereocenters. The van der Waals surface area contributed by atoms with Gasteiger partial charge in [-0.05, 0) is 32.9 Å². The van der Waals surface area contributed by atoms with Crippen molar-refractivity contribution in [2.24, 2.45) is 0 Å². The smallest absolute Gasteiger partial charge is 0.280 e. The molecule has 0 radical (unpaired) electrons. The van der Waals surface area contributed by atoms with E-state index in [0.717, 1.165) is 34.1 Å². The van der Waals surface area contributed by atoms with Gasteiger partial charge in [-0.25, -0.2) is 4.98 Å². The maximum atomic E-state index is 12.6. The number of carbonyl (C=O) groups excluding carboxylic acids is 1. The molecular formula is C19H24N5O2S+. The lowest BCUT2D eigenvalue weighted by molar-refractivity contribution is -0.907. The van der Waals surface area contributed by atoms with Gasteiger partial charge in [0.2, 0.25) is 5.13 Å². The van der Waals surface area contributed by atoms with Crippen molar-refractivity contribution in [3.8, 4) is 5.13 Å². The zero-order valence-corrected chi connectivity index (χ0v) is 16.5. The number of rotatable bonds is 4. The number of carbonyl (C=O) groups is 1. The van der Waals surface area contributed by atoms with Crippen molar-refractivity contribution in [2.45, 2.75) is 33.0 Å². The number of benzene rings is 1. The molecule has 1 aliphatic heterocycles. The van der Waals surface area contributed by atoms with Gasteiger partial charge in [0.05, 0.1) is 15.9 Å². The Morgan fingerprint density at radius 3 is 2.81 bits per heavy atom. The highest BCUT2D eigenvalue weighted by Gasteiger charge is 2.27. The minimum absolute atomic E-state index is 0.0199. The van der Waals surface area contributed by atoms with Crippen molar-refractivity contribution in [3.05, 3.63) is 36.0 Å². The molecule has 3 heterocycles. The SMILES string of the molecule is Cc1cc(NC(=O)C[NH+]2C[C@@H](C)O[C@@H](C)C2)n(-c2nc3ccccc3s2)n1. The lowest BCUT2D eigenvalue weighted by atomic mass is 10.2. The molecule has 142 valence electrons.